The number of carbonyl (C=O) groups is 3. The van der Waals surface area contributed by atoms with Crippen molar-refractivity contribution in [2.75, 3.05) is 11.9 Å². The maximum absolute atomic E-state index is 12.6. The Bertz CT molecular complexity index is 1090. The number of benzene rings is 2. The maximum Gasteiger partial charge on any atom is 0.335 e. The van der Waals surface area contributed by atoms with Gasteiger partial charge in [-0.25, -0.2) is 4.79 Å². The number of hydrogen-bond acceptors (Lipinski definition) is 6. The van der Waals surface area contributed by atoms with E-state index in [9.17, 15) is 19.5 Å². The predicted octanol–water partition coefficient (Wildman–Crippen LogP) is 3.34. The lowest BCUT2D eigenvalue weighted by molar-refractivity contribution is -0.268. The van der Waals surface area contributed by atoms with Gasteiger partial charge in [-0.2, -0.15) is 0 Å². The van der Waals surface area contributed by atoms with Crippen LogP contribution in [0.5, 0.6) is 5.75 Å². The molecule has 1 heterocycles. The van der Waals surface area contributed by atoms with Gasteiger partial charge in [-0.05, 0) is 29.8 Å². The van der Waals surface area contributed by atoms with Gasteiger partial charge in [0.05, 0.1) is 10.5 Å². The molecule has 0 bridgehead atoms. The molecule has 7 nitrogen and oxygen atoms in total. The van der Waals surface area contributed by atoms with Gasteiger partial charge < -0.3 is 15.5 Å². The average Bonchev–Trinajstić information content (AvgIpc) is 2.96. The second-order valence-electron chi connectivity index (χ2n) is 6.17. The minimum Gasteiger partial charge on any atom is -0.872 e. The predicted molar refractivity (Wildman–Crippen MR) is 117 cm³/mol. The van der Waals surface area contributed by atoms with Gasteiger partial charge in [0.15, 0.2) is 0 Å². The smallest absolute Gasteiger partial charge is 0.335 e. The summed E-state index contributed by atoms with van der Waals surface area (Å²) >= 11 is 12.5. The van der Waals surface area contributed by atoms with E-state index >= 15 is 0 Å². The van der Waals surface area contributed by atoms with Crippen molar-refractivity contribution >= 4 is 69.4 Å². The van der Waals surface area contributed by atoms with E-state index in [1.165, 1.54) is 11.0 Å². The zero-order chi connectivity index (χ0) is 21.8. The fourth-order valence-corrected chi connectivity index (χ4v) is 4.13. The van der Waals surface area contributed by atoms with Crippen LogP contribution in [0.2, 0.25) is 5.02 Å². The van der Waals surface area contributed by atoms with Crippen molar-refractivity contribution in [3.63, 3.8) is 0 Å². The van der Waals surface area contributed by atoms with E-state index in [1.807, 2.05) is 0 Å². The van der Waals surface area contributed by atoms with Crippen LogP contribution in [0, 0.1) is 0 Å². The first-order valence-electron chi connectivity index (χ1n) is 8.60. The number of carboxylic acids is 1. The van der Waals surface area contributed by atoms with Gasteiger partial charge in [-0.1, -0.05) is 65.6 Å². The van der Waals surface area contributed by atoms with Gasteiger partial charge >= 0.3 is 5.97 Å². The number of hydrogen-bond donors (Lipinski definition) is 2. The van der Waals surface area contributed by atoms with Crippen LogP contribution >= 0.6 is 35.6 Å². The Morgan fingerprint density at radius 3 is 2.70 bits per heavy atom. The number of thiocarbonyl (C=S) groups is 1. The molecule has 0 radical (unpaired) electrons. The number of aromatic carboxylic acids is 1. The SMILES string of the molecule is O=C(CCN1C(=O)/C(=C\c2ccccc2Cl)SC1=S)Nc1ccc([O-])c(C(=O)O)c1. The highest BCUT2D eigenvalue weighted by molar-refractivity contribution is 8.26. The summed E-state index contributed by atoms with van der Waals surface area (Å²) in [7, 11) is 0. The van der Waals surface area contributed by atoms with Crippen LogP contribution in [-0.4, -0.2) is 38.7 Å². The summed E-state index contributed by atoms with van der Waals surface area (Å²) in [4.78, 5) is 37.6. The second-order valence-corrected chi connectivity index (χ2v) is 8.25. The Morgan fingerprint density at radius 2 is 2.00 bits per heavy atom. The first-order chi connectivity index (χ1) is 14.3. The Labute approximate surface area is 186 Å². The number of carbonyl (C=O) groups excluding carboxylic acids is 2. The fourth-order valence-electron chi connectivity index (χ4n) is 2.64. The van der Waals surface area contributed by atoms with Gasteiger partial charge in [0.1, 0.15) is 4.32 Å². The third-order valence-corrected chi connectivity index (χ3v) is 5.84. The van der Waals surface area contributed by atoms with Gasteiger partial charge in [0.25, 0.3) is 5.91 Å². The normalized spacial score (nSPS) is 15.0. The number of nitrogens with one attached hydrogen (secondary N) is 1. The molecular formula is C20H14ClN2O5S2-. The third-order valence-electron chi connectivity index (χ3n) is 4.12. The fraction of sp³-hybridized carbons (Fsp3) is 0.100. The molecule has 1 saturated heterocycles. The summed E-state index contributed by atoms with van der Waals surface area (Å²) < 4.78 is 0.329. The van der Waals surface area contributed by atoms with Crippen molar-refractivity contribution in [1.82, 2.24) is 4.90 Å². The van der Waals surface area contributed by atoms with Crippen LogP contribution in [0.15, 0.2) is 47.4 Å². The van der Waals surface area contributed by atoms with Gasteiger partial charge in [0, 0.05) is 23.7 Å². The minimum absolute atomic E-state index is 0.0573. The molecule has 2 N–H and O–H groups in total. The highest BCUT2D eigenvalue weighted by atomic mass is 35.5. The van der Waals surface area contributed by atoms with E-state index in [-0.39, 0.29) is 24.6 Å². The van der Waals surface area contributed by atoms with Crippen LogP contribution in [0.4, 0.5) is 5.69 Å². The Kier molecular flexibility index (Phi) is 6.76. The average molecular weight is 462 g/mol. The first-order valence-corrected chi connectivity index (χ1v) is 10.2. The maximum atomic E-state index is 12.6. The molecule has 30 heavy (non-hydrogen) atoms. The molecule has 1 fully saturated rings. The molecule has 1 aliphatic rings. The topological polar surface area (TPSA) is 110 Å². The van der Waals surface area contributed by atoms with Gasteiger partial charge in [-0.15, -0.1) is 0 Å². The Hall–Kier alpha value is -2.88. The molecule has 10 heteroatoms. The number of thioether (sulfide) groups is 1. The summed E-state index contributed by atoms with van der Waals surface area (Å²) in [5.41, 5.74) is 0.434. The highest BCUT2D eigenvalue weighted by Crippen LogP contribution is 2.33. The van der Waals surface area contributed by atoms with Crippen LogP contribution < -0.4 is 10.4 Å². The van der Waals surface area contributed by atoms with E-state index in [0.717, 1.165) is 23.9 Å². The summed E-state index contributed by atoms with van der Waals surface area (Å²) in [5.74, 6) is -2.79. The number of halogens is 1. The second kappa shape index (κ2) is 9.29. The van der Waals surface area contributed by atoms with E-state index < -0.39 is 23.2 Å². The van der Waals surface area contributed by atoms with Crippen LogP contribution in [0.25, 0.3) is 6.08 Å². The number of anilines is 1. The largest absolute Gasteiger partial charge is 0.872 e. The molecular weight excluding hydrogens is 448 g/mol. The van der Waals surface area contributed by atoms with Crippen molar-refractivity contribution in [2.24, 2.45) is 0 Å². The van der Waals surface area contributed by atoms with Crippen molar-refractivity contribution in [2.45, 2.75) is 6.42 Å². The minimum atomic E-state index is -1.38. The van der Waals surface area contributed by atoms with Crippen molar-refractivity contribution in [1.29, 1.82) is 0 Å². The molecule has 1 aliphatic heterocycles. The van der Waals surface area contributed by atoms with Crippen molar-refractivity contribution in [3.05, 3.63) is 63.5 Å². The van der Waals surface area contributed by atoms with Crippen LogP contribution in [0.3, 0.4) is 0 Å². The molecule has 2 aromatic carbocycles. The summed E-state index contributed by atoms with van der Waals surface area (Å²) in [6, 6.07) is 10.6. The van der Waals surface area contributed by atoms with E-state index in [0.29, 0.717) is 19.8 Å². The number of nitrogens with zero attached hydrogens (tertiary/aromatic N) is 1. The molecule has 0 spiro atoms. The van der Waals surface area contributed by atoms with Crippen molar-refractivity contribution in [3.8, 4) is 5.75 Å². The molecule has 0 atom stereocenters. The zero-order valence-electron chi connectivity index (χ0n) is 15.3. The quantitative estimate of drug-likeness (QED) is 0.501. The number of rotatable bonds is 6. The molecule has 0 saturated carbocycles. The Morgan fingerprint density at radius 1 is 1.27 bits per heavy atom. The van der Waals surface area contributed by atoms with Crippen LogP contribution in [-0.2, 0) is 9.59 Å². The third kappa shape index (κ3) is 4.99. The van der Waals surface area contributed by atoms with Crippen molar-refractivity contribution < 1.29 is 24.6 Å². The lowest BCUT2D eigenvalue weighted by Gasteiger charge is -2.15. The monoisotopic (exact) mass is 461 g/mol. The number of carboxylic acid groups (broad SMARTS) is 1. The first kappa shape index (κ1) is 21.8. The molecule has 2 amide bonds. The van der Waals surface area contributed by atoms with E-state index in [1.54, 1.807) is 30.3 Å². The highest BCUT2D eigenvalue weighted by Gasteiger charge is 2.32. The molecule has 3 rings (SSSR count). The Balaban J connectivity index is 1.63. The summed E-state index contributed by atoms with van der Waals surface area (Å²) in [6.45, 7) is 0.0573. The lowest BCUT2D eigenvalue weighted by atomic mass is 10.1. The zero-order valence-corrected chi connectivity index (χ0v) is 17.6. The summed E-state index contributed by atoms with van der Waals surface area (Å²) in [6.07, 6.45) is 1.59. The molecule has 2 aromatic rings. The standard InChI is InChI=1S/C20H15ClN2O5S2/c21-14-4-2-1-3-11(14)9-16-18(26)23(20(29)30-16)8-7-17(25)22-12-5-6-15(24)13(10-12)19(27)28/h1-6,9-10,24H,7-8H2,(H,22,25)(H,27,28)/p-1/b16-9+. The van der Waals surface area contributed by atoms with E-state index in [2.05, 4.69) is 5.32 Å². The number of amides is 2. The van der Waals surface area contributed by atoms with Gasteiger partial charge in [-0.3, -0.25) is 14.5 Å². The molecule has 0 aromatic heterocycles. The lowest BCUT2D eigenvalue weighted by Crippen LogP contribution is -2.31. The molecule has 0 unspecified atom stereocenters. The van der Waals surface area contributed by atoms with Gasteiger partial charge in [0.2, 0.25) is 5.91 Å². The van der Waals surface area contributed by atoms with E-state index in [4.69, 9.17) is 28.9 Å². The summed E-state index contributed by atoms with van der Waals surface area (Å²) in [5, 5.41) is 23.5. The molecule has 0 aliphatic carbocycles. The van der Waals surface area contributed by atoms with Crippen LogP contribution in [0.1, 0.15) is 22.3 Å². The molecule has 154 valence electrons.